The molecule has 0 spiro atoms. The van der Waals surface area contributed by atoms with Gasteiger partial charge in [-0.05, 0) is 63.4 Å². The quantitative estimate of drug-likeness (QED) is 0.827. The summed E-state index contributed by atoms with van der Waals surface area (Å²) in [5.41, 5.74) is 9.34. The SMILES string of the molecule is Cc1c(C)c(OCC(=O)N(C)C2CCNCC2)c(Cl)c(C)c1N. The fraction of sp³-hybridized carbons (Fsp3) is 0.588. The number of likely N-dealkylation sites (N-methyl/N-ethyl adjacent to an activating group) is 1. The minimum absolute atomic E-state index is 0.0101. The van der Waals surface area contributed by atoms with Gasteiger partial charge in [-0.2, -0.15) is 0 Å². The zero-order valence-corrected chi connectivity index (χ0v) is 15.1. The van der Waals surface area contributed by atoms with Crippen LogP contribution >= 0.6 is 11.6 Å². The Kier molecular flexibility index (Phi) is 5.76. The molecule has 0 radical (unpaired) electrons. The Morgan fingerprint density at radius 2 is 1.87 bits per heavy atom. The minimum Gasteiger partial charge on any atom is -0.482 e. The van der Waals surface area contributed by atoms with Crippen LogP contribution in [0.2, 0.25) is 5.02 Å². The maximum absolute atomic E-state index is 12.4. The van der Waals surface area contributed by atoms with E-state index in [1.165, 1.54) is 0 Å². The number of nitrogen functional groups attached to an aromatic ring is 1. The Morgan fingerprint density at radius 3 is 2.48 bits per heavy atom. The molecule has 2 rings (SSSR count). The molecule has 0 saturated carbocycles. The number of piperidine rings is 1. The third-order valence-electron chi connectivity index (χ3n) is 4.83. The van der Waals surface area contributed by atoms with E-state index < -0.39 is 0 Å². The monoisotopic (exact) mass is 339 g/mol. The van der Waals surface area contributed by atoms with Crippen molar-refractivity contribution >= 4 is 23.2 Å². The number of nitrogens with two attached hydrogens (primary N) is 1. The lowest BCUT2D eigenvalue weighted by Gasteiger charge is -2.31. The molecule has 1 amide bonds. The summed E-state index contributed by atoms with van der Waals surface area (Å²) in [4.78, 5) is 14.2. The summed E-state index contributed by atoms with van der Waals surface area (Å²) >= 11 is 6.35. The van der Waals surface area contributed by atoms with Crippen molar-refractivity contribution in [2.24, 2.45) is 0 Å². The molecule has 1 aromatic carbocycles. The number of amides is 1. The zero-order valence-electron chi connectivity index (χ0n) is 14.3. The van der Waals surface area contributed by atoms with Crippen molar-refractivity contribution in [3.63, 3.8) is 0 Å². The fourth-order valence-electron chi connectivity index (χ4n) is 2.91. The third kappa shape index (κ3) is 3.72. The zero-order chi connectivity index (χ0) is 17.1. The highest BCUT2D eigenvalue weighted by Crippen LogP contribution is 2.38. The van der Waals surface area contributed by atoms with Crippen LogP contribution in [0.5, 0.6) is 5.75 Å². The number of hydrogen-bond acceptors (Lipinski definition) is 4. The topological polar surface area (TPSA) is 67.6 Å². The molecule has 1 saturated heterocycles. The molecule has 0 bridgehead atoms. The van der Waals surface area contributed by atoms with Crippen molar-refractivity contribution in [1.82, 2.24) is 10.2 Å². The maximum Gasteiger partial charge on any atom is 0.260 e. The lowest BCUT2D eigenvalue weighted by Crippen LogP contribution is -2.45. The summed E-state index contributed by atoms with van der Waals surface area (Å²) in [5, 5.41) is 3.79. The van der Waals surface area contributed by atoms with Gasteiger partial charge in [-0.1, -0.05) is 11.6 Å². The summed E-state index contributed by atoms with van der Waals surface area (Å²) in [5.74, 6) is 0.530. The van der Waals surface area contributed by atoms with E-state index in [4.69, 9.17) is 22.1 Å². The second kappa shape index (κ2) is 7.41. The molecule has 0 unspecified atom stereocenters. The van der Waals surface area contributed by atoms with Crippen LogP contribution in [0.1, 0.15) is 29.5 Å². The van der Waals surface area contributed by atoms with Gasteiger partial charge in [0.1, 0.15) is 5.75 Å². The number of benzene rings is 1. The van der Waals surface area contributed by atoms with Gasteiger partial charge in [-0.15, -0.1) is 0 Å². The average molecular weight is 340 g/mol. The molecule has 1 fully saturated rings. The highest BCUT2D eigenvalue weighted by molar-refractivity contribution is 6.33. The molecule has 3 N–H and O–H groups in total. The van der Waals surface area contributed by atoms with Gasteiger partial charge >= 0.3 is 0 Å². The summed E-state index contributed by atoms with van der Waals surface area (Å²) in [6.45, 7) is 7.59. The van der Waals surface area contributed by atoms with Gasteiger partial charge in [0.25, 0.3) is 5.91 Å². The normalized spacial score (nSPS) is 15.5. The van der Waals surface area contributed by atoms with Gasteiger partial charge in [-0.3, -0.25) is 4.79 Å². The Balaban J connectivity index is 2.07. The number of carbonyl (C=O) groups is 1. The van der Waals surface area contributed by atoms with Crippen molar-refractivity contribution in [1.29, 1.82) is 0 Å². The van der Waals surface area contributed by atoms with Gasteiger partial charge in [0, 0.05) is 18.8 Å². The smallest absolute Gasteiger partial charge is 0.260 e. The fourth-order valence-corrected chi connectivity index (χ4v) is 3.21. The van der Waals surface area contributed by atoms with Gasteiger partial charge < -0.3 is 20.7 Å². The number of nitrogens with zero attached hydrogens (tertiary/aromatic N) is 1. The summed E-state index contributed by atoms with van der Waals surface area (Å²) < 4.78 is 5.76. The predicted molar refractivity (Wildman–Crippen MR) is 94.2 cm³/mol. The summed E-state index contributed by atoms with van der Waals surface area (Å²) in [6.07, 6.45) is 1.95. The van der Waals surface area contributed by atoms with E-state index in [0.717, 1.165) is 42.6 Å². The van der Waals surface area contributed by atoms with Crippen molar-refractivity contribution in [2.75, 3.05) is 32.5 Å². The van der Waals surface area contributed by atoms with Crippen molar-refractivity contribution < 1.29 is 9.53 Å². The van der Waals surface area contributed by atoms with Crippen molar-refractivity contribution in [3.8, 4) is 5.75 Å². The van der Waals surface area contributed by atoms with E-state index in [-0.39, 0.29) is 18.6 Å². The van der Waals surface area contributed by atoms with Crippen LogP contribution in [0.15, 0.2) is 0 Å². The van der Waals surface area contributed by atoms with E-state index in [1.807, 2.05) is 27.8 Å². The first-order chi connectivity index (χ1) is 10.8. The van der Waals surface area contributed by atoms with E-state index in [1.54, 1.807) is 4.90 Å². The number of halogens is 1. The highest BCUT2D eigenvalue weighted by atomic mass is 35.5. The van der Waals surface area contributed by atoms with E-state index in [2.05, 4.69) is 5.32 Å². The molecule has 1 aliphatic heterocycles. The Morgan fingerprint density at radius 1 is 1.26 bits per heavy atom. The average Bonchev–Trinajstić information content (AvgIpc) is 2.58. The van der Waals surface area contributed by atoms with E-state index in [0.29, 0.717) is 16.5 Å². The molecule has 1 heterocycles. The molecule has 128 valence electrons. The second-order valence-corrected chi connectivity index (χ2v) is 6.58. The van der Waals surface area contributed by atoms with Crippen LogP contribution in [-0.2, 0) is 4.79 Å². The van der Waals surface area contributed by atoms with Gasteiger partial charge in [0.15, 0.2) is 6.61 Å². The largest absolute Gasteiger partial charge is 0.482 e. The van der Waals surface area contributed by atoms with Crippen molar-refractivity contribution in [2.45, 2.75) is 39.7 Å². The first-order valence-corrected chi connectivity index (χ1v) is 8.36. The molecule has 0 atom stereocenters. The highest BCUT2D eigenvalue weighted by Gasteiger charge is 2.23. The first kappa shape index (κ1) is 17.9. The first-order valence-electron chi connectivity index (χ1n) is 7.98. The van der Waals surface area contributed by atoms with E-state index >= 15 is 0 Å². The molecule has 5 nitrogen and oxygen atoms in total. The predicted octanol–water partition coefficient (Wildman–Crippen LogP) is 2.44. The van der Waals surface area contributed by atoms with Crippen LogP contribution in [0.4, 0.5) is 5.69 Å². The van der Waals surface area contributed by atoms with Crippen LogP contribution in [0.3, 0.4) is 0 Å². The molecular weight excluding hydrogens is 314 g/mol. The Bertz CT molecular complexity index is 569. The summed E-state index contributed by atoms with van der Waals surface area (Å²) in [6, 6.07) is 0.277. The molecule has 23 heavy (non-hydrogen) atoms. The summed E-state index contributed by atoms with van der Waals surface area (Å²) in [7, 11) is 1.84. The Labute approximate surface area is 143 Å². The van der Waals surface area contributed by atoms with Crippen LogP contribution in [-0.4, -0.2) is 43.6 Å². The second-order valence-electron chi connectivity index (χ2n) is 6.21. The third-order valence-corrected chi connectivity index (χ3v) is 5.28. The van der Waals surface area contributed by atoms with Crippen LogP contribution in [0.25, 0.3) is 0 Å². The number of carbonyl (C=O) groups excluding carboxylic acids is 1. The lowest BCUT2D eigenvalue weighted by molar-refractivity contribution is -0.134. The van der Waals surface area contributed by atoms with Gasteiger partial charge in [0.05, 0.1) is 5.02 Å². The molecule has 0 aromatic heterocycles. The standard InChI is InChI=1S/C17H26ClN3O2/c1-10-11(2)17(15(18)12(3)16(10)19)23-9-14(22)21(4)13-5-7-20-8-6-13/h13,20H,5-9,19H2,1-4H3. The van der Waals surface area contributed by atoms with Gasteiger partial charge in [-0.25, -0.2) is 0 Å². The number of nitrogens with one attached hydrogen (secondary N) is 1. The Hall–Kier alpha value is -1.46. The molecular formula is C17H26ClN3O2. The van der Waals surface area contributed by atoms with Crippen LogP contribution < -0.4 is 15.8 Å². The van der Waals surface area contributed by atoms with Crippen molar-refractivity contribution in [3.05, 3.63) is 21.7 Å². The van der Waals surface area contributed by atoms with E-state index in [9.17, 15) is 4.79 Å². The molecule has 0 aliphatic carbocycles. The maximum atomic E-state index is 12.4. The van der Waals surface area contributed by atoms with Gasteiger partial charge in [0.2, 0.25) is 0 Å². The minimum atomic E-state index is -0.0282. The lowest BCUT2D eigenvalue weighted by atomic mass is 10.0. The number of ether oxygens (including phenoxy) is 1. The number of anilines is 1. The number of hydrogen-bond donors (Lipinski definition) is 2. The number of rotatable bonds is 4. The van der Waals surface area contributed by atoms with Crippen LogP contribution in [0, 0.1) is 20.8 Å². The molecule has 1 aromatic rings. The molecule has 1 aliphatic rings. The molecule has 6 heteroatoms.